The third-order valence-corrected chi connectivity index (χ3v) is 7.51. The van der Waals surface area contributed by atoms with Crippen molar-refractivity contribution in [2.75, 3.05) is 6.61 Å². The fourth-order valence-electron chi connectivity index (χ4n) is 4.39. The molecular weight excluding hydrogens is 520 g/mol. The van der Waals surface area contributed by atoms with Crippen LogP contribution in [-0.4, -0.2) is 36.0 Å². The van der Waals surface area contributed by atoms with Crippen LogP contribution in [0.2, 0.25) is 0 Å². The molecular formula is C31H28N6O2S. The van der Waals surface area contributed by atoms with Crippen LogP contribution >= 0.6 is 11.3 Å². The summed E-state index contributed by atoms with van der Waals surface area (Å²) in [6.07, 6.45) is 8.20. The highest BCUT2D eigenvalue weighted by atomic mass is 32.1. The van der Waals surface area contributed by atoms with Gasteiger partial charge >= 0.3 is 0 Å². The Morgan fingerprint density at radius 1 is 1.02 bits per heavy atom. The zero-order chi connectivity index (χ0) is 27.6. The molecule has 4 heterocycles. The molecule has 0 N–H and O–H groups in total. The molecule has 40 heavy (non-hydrogen) atoms. The molecule has 0 saturated heterocycles. The molecule has 200 valence electrons. The lowest BCUT2D eigenvalue weighted by Crippen LogP contribution is -2.23. The van der Waals surface area contributed by atoms with E-state index < -0.39 is 0 Å². The van der Waals surface area contributed by atoms with Crippen LogP contribution in [-0.2, 0) is 0 Å². The smallest absolute Gasteiger partial charge is 0.291 e. The van der Waals surface area contributed by atoms with E-state index in [9.17, 15) is 4.79 Å². The molecule has 0 radical (unpaired) electrons. The van der Waals surface area contributed by atoms with Gasteiger partial charge in [0.1, 0.15) is 11.4 Å². The highest BCUT2D eigenvalue weighted by Gasteiger charge is 2.16. The molecule has 0 spiro atoms. The van der Waals surface area contributed by atoms with Gasteiger partial charge in [-0.2, -0.15) is 14.6 Å². The van der Waals surface area contributed by atoms with Crippen LogP contribution in [0.1, 0.15) is 31.4 Å². The Hall–Kier alpha value is -4.63. The minimum absolute atomic E-state index is 0.217. The van der Waals surface area contributed by atoms with Crippen LogP contribution in [0.4, 0.5) is 0 Å². The Morgan fingerprint density at radius 2 is 1.88 bits per heavy atom. The van der Waals surface area contributed by atoms with E-state index in [2.05, 4.69) is 35.0 Å². The summed E-state index contributed by atoms with van der Waals surface area (Å²) >= 11 is 1.30. The van der Waals surface area contributed by atoms with Crippen LogP contribution in [0.3, 0.4) is 0 Å². The third-order valence-electron chi connectivity index (χ3n) is 6.55. The van der Waals surface area contributed by atoms with E-state index in [1.165, 1.54) is 15.9 Å². The molecule has 0 amide bonds. The number of rotatable bonds is 8. The van der Waals surface area contributed by atoms with Gasteiger partial charge in [0.2, 0.25) is 4.96 Å². The molecule has 4 aromatic heterocycles. The molecule has 0 saturated carbocycles. The Bertz CT molecular complexity index is 1890. The number of para-hydroxylation sites is 1. The molecule has 2 aromatic carbocycles. The largest absolute Gasteiger partial charge is 0.493 e. The third kappa shape index (κ3) is 5.15. The van der Waals surface area contributed by atoms with E-state index in [4.69, 9.17) is 9.84 Å². The number of pyridine rings is 1. The van der Waals surface area contributed by atoms with Gasteiger partial charge in [-0.1, -0.05) is 43.4 Å². The average molecular weight is 549 g/mol. The van der Waals surface area contributed by atoms with Crippen molar-refractivity contribution in [2.45, 2.75) is 27.2 Å². The fraction of sp³-hybridized carbons (Fsp3) is 0.194. The summed E-state index contributed by atoms with van der Waals surface area (Å²) in [6.45, 7) is 7.10. The summed E-state index contributed by atoms with van der Waals surface area (Å²) in [5, 5.41) is 9.37. The molecule has 0 aliphatic heterocycles. The van der Waals surface area contributed by atoms with Gasteiger partial charge in [0, 0.05) is 35.3 Å². The van der Waals surface area contributed by atoms with Crippen molar-refractivity contribution in [3.8, 4) is 34.1 Å². The number of ether oxygens (including phenoxy) is 1. The molecule has 0 unspecified atom stereocenters. The second-order valence-electron chi connectivity index (χ2n) is 10.0. The maximum Gasteiger partial charge on any atom is 0.291 e. The average Bonchev–Trinajstić information content (AvgIpc) is 3.65. The minimum atomic E-state index is -0.217. The van der Waals surface area contributed by atoms with Crippen LogP contribution in [0.5, 0.6) is 5.75 Å². The molecule has 0 atom stereocenters. The number of hydrogen-bond donors (Lipinski definition) is 0. The van der Waals surface area contributed by atoms with E-state index in [-0.39, 0.29) is 5.56 Å². The first kappa shape index (κ1) is 25.6. The van der Waals surface area contributed by atoms with E-state index in [1.807, 2.05) is 78.5 Å². The second kappa shape index (κ2) is 10.9. The van der Waals surface area contributed by atoms with Gasteiger partial charge < -0.3 is 4.74 Å². The Labute approximate surface area is 235 Å². The minimum Gasteiger partial charge on any atom is -0.493 e. The van der Waals surface area contributed by atoms with Crippen molar-refractivity contribution in [3.63, 3.8) is 0 Å². The summed E-state index contributed by atoms with van der Waals surface area (Å²) < 4.78 is 9.76. The number of aryl methyl sites for hydroxylation is 1. The lowest BCUT2D eigenvalue weighted by Gasteiger charge is -2.11. The van der Waals surface area contributed by atoms with E-state index in [0.29, 0.717) is 27.8 Å². The Balaban J connectivity index is 1.41. The van der Waals surface area contributed by atoms with E-state index in [0.717, 1.165) is 45.8 Å². The van der Waals surface area contributed by atoms with Crippen molar-refractivity contribution in [3.05, 3.63) is 105 Å². The van der Waals surface area contributed by atoms with Gasteiger partial charge in [-0.25, -0.2) is 4.68 Å². The normalized spacial score (nSPS) is 12.1. The van der Waals surface area contributed by atoms with Gasteiger partial charge in [-0.15, -0.1) is 5.10 Å². The topological polar surface area (TPSA) is 87.2 Å². The summed E-state index contributed by atoms with van der Waals surface area (Å²) in [7, 11) is 0. The van der Waals surface area contributed by atoms with Crippen LogP contribution in [0.25, 0.3) is 39.4 Å². The maximum atomic E-state index is 13.3. The van der Waals surface area contributed by atoms with Gasteiger partial charge in [-0.3, -0.25) is 9.78 Å². The van der Waals surface area contributed by atoms with Crippen molar-refractivity contribution >= 4 is 22.4 Å². The summed E-state index contributed by atoms with van der Waals surface area (Å²) in [5.74, 6) is 1.93. The Morgan fingerprint density at radius 3 is 2.60 bits per heavy atom. The molecule has 0 bridgehead atoms. The first-order valence-corrected chi connectivity index (χ1v) is 14.0. The van der Waals surface area contributed by atoms with E-state index in [1.54, 1.807) is 12.4 Å². The lowest BCUT2D eigenvalue weighted by atomic mass is 10.0. The molecule has 9 heteroatoms. The number of hydrogen-bond acceptors (Lipinski definition) is 7. The van der Waals surface area contributed by atoms with Gasteiger partial charge in [0.15, 0.2) is 5.82 Å². The van der Waals surface area contributed by atoms with Crippen molar-refractivity contribution in [2.24, 2.45) is 5.92 Å². The highest BCUT2D eigenvalue weighted by molar-refractivity contribution is 7.15. The molecule has 8 nitrogen and oxygen atoms in total. The van der Waals surface area contributed by atoms with Gasteiger partial charge in [0.25, 0.3) is 5.56 Å². The number of aromatic nitrogens is 6. The van der Waals surface area contributed by atoms with Crippen LogP contribution in [0, 0.1) is 12.8 Å². The molecule has 0 aliphatic rings. The fourth-order valence-corrected chi connectivity index (χ4v) is 5.28. The quantitative estimate of drug-likeness (QED) is 0.255. The van der Waals surface area contributed by atoms with Gasteiger partial charge in [0.05, 0.1) is 16.8 Å². The number of thiazole rings is 1. The second-order valence-corrected chi connectivity index (χ2v) is 11.0. The molecule has 6 rings (SSSR count). The Kier molecular flexibility index (Phi) is 6.96. The predicted molar refractivity (Wildman–Crippen MR) is 158 cm³/mol. The lowest BCUT2D eigenvalue weighted by molar-refractivity contribution is 0.288. The standard InChI is InChI=1S/C31H28N6O2S/c1-20(2)13-15-39-26-12-11-22(16-21(26)3)28-24(19-36(34-28)25-9-5-4-6-10-25)17-27-30(38)37-31(40-27)33-29(35-37)23-8-7-14-32-18-23/h4-12,14,16-20H,13,15H2,1-3H3. The van der Waals surface area contributed by atoms with Gasteiger partial charge in [-0.05, 0) is 73.4 Å². The number of fused-ring (bicyclic) bond motifs is 1. The summed E-state index contributed by atoms with van der Waals surface area (Å²) in [4.78, 5) is 22.6. The highest BCUT2D eigenvalue weighted by Crippen LogP contribution is 2.29. The van der Waals surface area contributed by atoms with Crippen LogP contribution in [0.15, 0.2) is 84.0 Å². The zero-order valence-electron chi connectivity index (χ0n) is 22.5. The predicted octanol–water partition coefficient (Wildman–Crippen LogP) is 5.35. The maximum absolute atomic E-state index is 13.3. The van der Waals surface area contributed by atoms with Crippen molar-refractivity contribution in [1.82, 2.24) is 29.4 Å². The SMILES string of the molecule is Cc1cc(-c2nn(-c3ccccc3)cc2C=c2sc3nc(-c4cccnc4)nn3c2=O)ccc1OCCC(C)C. The summed E-state index contributed by atoms with van der Waals surface area (Å²) in [6, 6.07) is 19.7. The molecule has 0 aliphatic carbocycles. The first-order chi connectivity index (χ1) is 19.5. The van der Waals surface area contributed by atoms with E-state index >= 15 is 0 Å². The molecule has 0 fully saturated rings. The van der Waals surface area contributed by atoms with Crippen molar-refractivity contribution < 1.29 is 4.74 Å². The summed E-state index contributed by atoms with van der Waals surface area (Å²) in [5.41, 5.74) is 5.06. The molecule has 6 aromatic rings. The number of benzene rings is 2. The monoisotopic (exact) mass is 548 g/mol. The number of nitrogens with zero attached hydrogens (tertiary/aromatic N) is 6. The van der Waals surface area contributed by atoms with Crippen LogP contribution < -0.4 is 14.8 Å². The zero-order valence-corrected chi connectivity index (χ0v) is 23.3. The first-order valence-electron chi connectivity index (χ1n) is 13.2. The van der Waals surface area contributed by atoms with Crippen molar-refractivity contribution in [1.29, 1.82) is 0 Å².